The van der Waals surface area contributed by atoms with Gasteiger partial charge in [-0.1, -0.05) is 35.5 Å². The van der Waals surface area contributed by atoms with Crippen LogP contribution in [0.3, 0.4) is 0 Å². The van der Waals surface area contributed by atoms with Gasteiger partial charge in [-0.25, -0.2) is 0 Å². The number of carbonyl (C=O) groups is 2. The summed E-state index contributed by atoms with van der Waals surface area (Å²) in [6.45, 7) is 0. The number of nitro benzene ring substituents is 1. The number of amides is 2. The normalized spacial score (nSPS) is 33.3. The summed E-state index contributed by atoms with van der Waals surface area (Å²) >= 11 is 0. The lowest BCUT2D eigenvalue weighted by Crippen LogP contribution is -2.41. The van der Waals surface area contributed by atoms with Gasteiger partial charge in [-0.15, -0.1) is 0 Å². The fourth-order valence-corrected chi connectivity index (χ4v) is 5.97. The summed E-state index contributed by atoms with van der Waals surface area (Å²) in [7, 11) is 0. The number of para-hydroxylation sites is 1. The quantitative estimate of drug-likeness (QED) is 0.445. The lowest BCUT2D eigenvalue weighted by atomic mass is 9.71. The molecule has 0 aromatic heterocycles. The maximum atomic E-state index is 13.3. The molecule has 2 aromatic carbocycles. The van der Waals surface area contributed by atoms with Crippen LogP contribution in [-0.4, -0.2) is 28.6 Å². The number of imide groups is 1. The van der Waals surface area contributed by atoms with Crippen LogP contribution in [-0.2, 0) is 14.4 Å². The van der Waals surface area contributed by atoms with Crippen LogP contribution in [0.4, 0.5) is 11.4 Å². The van der Waals surface area contributed by atoms with Gasteiger partial charge in [0.25, 0.3) is 5.69 Å². The van der Waals surface area contributed by atoms with E-state index >= 15 is 0 Å². The highest BCUT2D eigenvalue weighted by molar-refractivity contribution is 6.23. The fraction of sp³-hybridized carbons (Fsp3) is 0.318. The maximum absolute atomic E-state index is 13.3. The summed E-state index contributed by atoms with van der Waals surface area (Å²) in [5, 5.41) is 15.4. The third-order valence-electron chi connectivity index (χ3n) is 7.06. The van der Waals surface area contributed by atoms with Crippen LogP contribution in [0.15, 0.2) is 59.8 Å². The van der Waals surface area contributed by atoms with Crippen molar-refractivity contribution in [2.45, 2.75) is 12.5 Å². The second-order valence-electron chi connectivity index (χ2n) is 8.34. The van der Waals surface area contributed by atoms with Crippen LogP contribution >= 0.6 is 0 Å². The number of nitro groups is 1. The molecule has 2 aliphatic carbocycles. The Balaban J connectivity index is 1.35. The van der Waals surface area contributed by atoms with Crippen LogP contribution in [0, 0.1) is 39.7 Å². The van der Waals surface area contributed by atoms with Crippen LogP contribution in [0.5, 0.6) is 0 Å². The first kappa shape index (κ1) is 17.3. The van der Waals surface area contributed by atoms with Crippen LogP contribution in [0.25, 0.3) is 0 Å². The molecular formula is C22H17N3O5. The highest BCUT2D eigenvalue weighted by atomic mass is 16.6. The zero-order chi connectivity index (χ0) is 20.6. The largest absolute Gasteiger partial charge is 0.391 e. The van der Waals surface area contributed by atoms with E-state index in [2.05, 4.69) is 5.16 Å². The van der Waals surface area contributed by atoms with E-state index in [0.717, 1.165) is 6.42 Å². The lowest BCUT2D eigenvalue weighted by molar-refractivity contribution is -0.384. The first-order chi connectivity index (χ1) is 14.6. The molecule has 2 saturated carbocycles. The number of fused-ring (bicyclic) bond motifs is 8. The van der Waals surface area contributed by atoms with Crippen LogP contribution < -0.4 is 4.90 Å². The molecule has 8 nitrogen and oxygen atoms in total. The molecule has 3 fully saturated rings. The Kier molecular flexibility index (Phi) is 3.45. The summed E-state index contributed by atoms with van der Waals surface area (Å²) in [5.41, 5.74) is 1.87. The third kappa shape index (κ3) is 2.13. The minimum atomic E-state index is -0.439. The summed E-state index contributed by atoms with van der Waals surface area (Å²) in [6.07, 6.45) is 0.469. The SMILES string of the molecule is O=C1[C@@H]2[C@@H]3C[C@@H]([C@H]4ON=C(c5cccc([N+](=O)[O-])c5)[C@H]34)[C@@H]2C(=O)N1c1ccccc1. The monoisotopic (exact) mass is 403 g/mol. The van der Waals surface area contributed by atoms with Gasteiger partial charge in [0.1, 0.15) is 6.10 Å². The van der Waals surface area contributed by atoms with Gasteiger partial charge >= 0.3 is 0 Å². The third-order valence-corrected chi connectivity index (χ3v) is 7.06. The molecule has 30 heavy (non-hydrogen) atoms. The molecule has 150 valence electrons. The molecule has 6 atom stereocenters. The van der Waals surface area contributed by atoms with Gasteiger partial charge < -0.3 is 4.84 Å². The lowest BCUT2D eigenvalue weighted by Gasteiger charge is -2.29. The number of oxime groups is 1. The van der Waals surface area contributed by atoms with Gasteiger partial charge in [-0.3, -0.25) is 24.6 Å². The topological polar surface area (TPSA) is 102 Å². The Labute approximate surface area is 171 Å². The van der Waals surface area contributed by atoms with Crippen molar-refractivity contribution < 1.29 is 19.3 Å². The fourth-order valence-electron chi connectivity index (χ4n) is 5.97. The molecule has 0 unspecified atom stereocenters. The Hall–Kier alpha value is -3.55. The average Bonchev–Trinajstić information content (AvgIpc) is 3.49. The van der Waals surface area contributed by atoms with Crippen molar-refractivity contribution >= 4 is 28.9 Å². The zero-order valence-electron chi connectivity index (χ0n) is 15.8. The number of benzene rings is 2. The smallest absolute Gasteiger partial charge is 0.270 e. The Bertz CT molecular complexity index is 1130. The standard InChI is InChI=1S/C22H17N3O5/c26-21-16-14-10-15(17(16)22(27)24(21)12-6-2-1-3-7-12)20-18(14)19(23-30-20)11-5-4-8-13(9-11)25(28)29/h1-9,14-18,20H,10H2/t14-,15+,16+,17-,18-,20+/m0/s1. The zero-order valence-corrected chi connectivity index (χ0v) is 15.8. The van der Waals surface area contributed by atoms with Crippen LogP contribution in [0.2, 0.25) is 0 Å². The molecular weight excluding hydrogens is 386 g/mol. The molecule has 2 aliphatic heterocycles. The Morgan fingerprint density at radius 2 is 1.70 bits per heavy atom. The van der Waals surface area contributed by atoms with Gasteiger partial charge in [0, 0.05) is 29.5 Å². The highest BCUT2D eigenvalue weighted by Gasteiger charge is 2.70. The van der Waals surface area contributed by atoms with E-state index < -0.39 is 10.8 Å². The van der Waals surface area contributed by atoms with E-state index in [1.807, 2.05) is 18.2 Å². The summed E-state index contributed by atoms with van der Waals surface area (Å²) in [5.74, 6) is -1.36. The van der Waals surface area contributed by atoms with Crippen molar-refractivity contribution in [3.8, 4) is 0 Å². The average molecular weight is 403 g/mol. The van der Waals surface area contributed by atoms with Gasteiger partial charge in [-0.05, 0) is 24.5 Å². The number of hydrogen-bond acceptors (Lipinski definition) is 6. The molecule has 8 heteroatoms. The second kappa shape index (κ2) is 5.98. The minimum Gasteiger partial charge on any atom is -0.391 e. The molecule has 2 aromatic rings. The number of hydrogen-bond donors (Lipinski definition) is 0. The summed E-state index contributed by atoms with van der Waals surface area (Å²) in [6, 6.07) is 15.3. The molecule has 0 radical (unpaired) electrons. The molecule has 6 rings (SSSR count). The molecule has 2 bridgehead atoms. The Morgan fingerprint density at radius 1 is 0.967 bits per heavy atom. The predicted octanol–water partition coefficient (Wildman–Crippen LogP) is 2.77. The van der Waals surface area contributed by atoms with Gasteiger partial charge in [0.05, 0.1) is 28.2 Å². The number of nitrogens with zero attached hydrogens (tertiary/aromatic N) is 3. The molecule has 4 aliphatic rings. The summed E-state index contributed by atoms with van der Waals surface area (Å²) in [4.78, 5) is 44.3. The van der Waals surface area contributed by atoms with E-state index in [1.165, 1.54) is 17.0 Å². The van der Waals surface area contributed by atoms with E-state index in [1.54, 1.807) is 24.3 Å². The van der Waals surface area contributed by atoms with Crippen molar-refractivity contribution in [3.63, 3.8) is 0 Å². The first-order valence-corrected chi connectivity index (χ1v) is 9.97. The van der Waals surface area contributed by atoms with Gasteiger partial charge in [0.2, 0.25) is 11.8 Å². The van der Waals surface area contributed by atoms with E-state index in [0.29, 0.717) is 17.0 Å². The molecule has 0 N–H and O–H groups in total. The van der Waals surface area contributed by atoms with Crippen molar-refractivity contribution in [1.82, 2.24) is 0 Å². The number of carbonyl (C=O) groups excluding carboxylic acids is 2. The number of non-ortho nitro benzene ring substituents is 1. The van der Waals surface area contributed by atoms with E-state index in [9.17, 15) is 19.7 Å². The Morgan fingerprint density at radius 3 is 2.43 bits per heavy atom. The molecule has 0 spiro atoms. The van der Waals surface area contributed by atoms with Crippen molar-refractivity contribution in [1.29, 1.82) is 0 Å². The van der Waals surface area contributed by atoms with Crippen LogP contribution in [0.1, 0.15) is 12.0 Å². The van der Waals surface area contributed by atoms with Crippen molar-refractivity contribution in [3.05, 3.63) is 70.3 Å². The number of anilines is 1. The van der Waals surface area contributed by atoms with Gasteiger partial charge in [-0.2, -0.15) is 0 Å². The molecule has 1 saturated heterocycles. The second-order valence-corrected chi connectivity index (χ2v) is 8.34. The maximum Gasteiger partial charge on any atom is 0.270 e. The summed E-state index contributed by atoms with van der Waals surface area (Å²) < 4.78 is 0. The van der Waals surface area contributed by atoms with Crippen molar-refractivity contribution in [2.75, 3.05) is 4.90 Å². The first-order valence-electron chi connectivity index (χ1n) is 9.97. The predicted molar refractivity (Wildman–Crippen MR) is 106 cm³/mol. The van der Waals surface area contributed by atoms with Crippen molar-refractivity contribution in [2.24, 2.45) is 34.7 Å². The minimum absolute atomic E-state index is 0.0120. The molecule has 2 heterocycles. The van der Waals surface area contributed by atoms with Gasteiger partial charge in [0.15, 0.2) is 0 Å². The highest BCUT2D eigenvalue weighted by Crippen LogP contribution is 2.62. The number of rotatable bonds is 3. The van der Waals surface area contributed by atoms with E-state index in [-0.39, 0.29) is 47.3 Å². The van der Waals surface area contributed by atoms with E-state index in [4.69, 9.17) is 4.84 Å². The molecule has 2 amide bonds.